The van der Waals surface area contributed by atoms with E-state index in [1.807, 2.05) is 6.92 Å². The molecule has 2 heterocycles. The number of imidazole rings is 1. The van der Waals surface area contributed by atoms with Gasteiger partial charge in [-0.2, -0.15) is 0 Å². The first kappa shape index (κ1) is 29.2. The van der Waals surface area contributed by atoms with Gasteiger partial charge in [-0.3, -0.25) is 18.7 Å². The molecule has 1 aliphatic heterocycles. The molecule has 0 bridgehead atoms. The molecule has 8 nitrogen and oxygen atoms in total. The van der Waals surface area contributed by atoms with Crippen LogP contribution in [0.5, 0.6) is 5.75 Å². The first-order valence-electron chi connectivity index (χ1n) is 14.0. The van der Waals surface area contributed by atoms with Crippen molar-refractivity contribution in [2.24, 2.45) is 0 Å². The number of carbonyl (C=O) groups is 2. The number of rotatable bonds is 7. The Labute approximate surface area is 261 Å². The van der Waals surface area contributed by atoms with E-state index >= 15 is 0 Å². The molecule has 1 saturated carbocycles. The highest BCUT2D eigenvalue weighted by molar-refractivity contribution is 9.10. The summed E-state index contributed by atoms with van der Waals surface area (Å²) in [6.07, 6.45) is 2.23. The van der Waals surface area contributed by atoms with Gasteiger partial charge in [0.05, 0.1) is 35.1 Å². The largest absolute Gasteiger partial charge is 0.490 e. The van der Waals surface area contributed by atoms with E-state index in [0.29, 0.717) is 37.8 Å². The van der Waals surface area contributed by atoms with Crippen molar-refractivity contribution < 1.29 is 18.7 Å². The van der Waals surface area contributed by atoms with Crippen LogP contribution in [0.1, 0.15) is 64.8 Å². The molecule has 0 radical (unpaired) electrons. The fourth-order valence-corrected chi connectivity index (χ4v) is 5.80. The molecule has 1 aliphatic carbocycles. The zero-order valence-corrected chi connectivity index (χ0v) is 25.9. The Morgan fingerprint density at radius 2 is 1.81 bits per heavy atom. The highest BCUT2D eigenvalue weighted by Gasteiger charge is 2.36. The van der Waals surface area contributed by atoms with Gasteiger partial charge in [0.1, 0.15) is 17.3 Å². The Morgan fingerprint density at radius 3 is 2.49 bits per heavy atom. The number of benzene rings is 3. The minimum atomic E-state index is -0.688. The van der Waals surface area contributed by atoms with Crippen molar-refractivity contribution in [1.82, 2.24) is 19.4 Å². The van der Waals surface area contributed by atoms with Crippen molar-refractivity contribution >= 4 is 39.3 Å². The van der Waals surface area contributed by atoms with E-state index < -0.39 is 23.5 Å². The van der Waals surface area contributed by atoms with Gasteiger partial charge in [-0.1, -0.05) is 29.8 Å². The van der Waals surface area contributed by atoms with Crippen LogP contribution < -0.4 is 15.7 Å². The number of halogens is 3. The highest BCUT2D eigenvalue weighted by atomic mass is 79.9. The van der Waals surface area contributed by atoms with E-state index in [1.165, 1.54) is 10.6 Å². The number of nitrogens with zero attached hydrogens (tertiary/aromatic N) is 3. The second kappa shape index (κ2) is 11.7. The number of nitrogens with one attached hydrogen (secondary N) is 1. The smallest absolute Gasteiger partial charge is 0.333 e. The Balaban J connectivity index is 1.41. The van der Waals surface area contributed by atoms with Crippen molar-refractivity contribution in [1.29, 1.82) is 0 Å². The minimum Gasteiger partial charge on any atom is -0.490 e. The zero-order chi connectivity index (χ0) is 30.4. The second-order valence-corrected chi connectivity index (χ2v) is 12.2. The molecule has 222 valence electrons. The van der Waals surface area contributed by atoms with Crippen molar-refractivity contribution in [2.75, 3.05) is 0 Å². The summed E-state index contributed by atoms with van der Waals surface area (Å²) < 4.78 is 24.0. The molecule has 6 rings (SSSR count). The standard InChI is InChI=1S/C32H29BrClFN4O4/c1-18-16-38-28(17-37(18)31(41)20-7-14-25(33)26(34)15-20)29(30(40)36-19(2)24-5-3-4-6-27(24)35)39(32(38)42)21-8-10-22(11-9-21)43-23-12-13-23/h3-11,14-15,18-19,23H,12-13,16-17H2,1-2H3,(H,36,40)/t18-,19+/m1/s1. The summed E-state index contributed by atoms with van der Waals surface area (Å²) in [4.78, 5) is 43.2. The number of hydrogen-bond acceptors (Lipinski definition) is 4. The summed E-state index contributed by atoms with van der Waals surface area (Å²) in [6.45, 7) is 3.73. The lowest BCUT2D eigenvalue weighted by Crippen LogP contribution is -2.47. The van der Waals surface area contributed by atoms with Gasteiger partial charge in [0.15, 0.2) is 0 Å². The summed E-state index contributed by atoms with van der Waals surface area (Å²) in [7, 11) is 0. The number of ether oxygens (including phenoxy) is 1. The Bertz CT molecular complexity index is 1780. The lowest BCUT2D eigenvalue weighted by Gasteiger charge is -2.34. The molecule has 3 aromatic carbocycles. The molecule has 1 N–H and O–H groups in total. The monoisotopic (exact) mass is 666 g/mol. The molecular weight excluding hydrogens is 639 g/mol. The summed E-state index contributed by atoms with van der Waals surface area (Å²) in [5, 5.41) is 3.27. The third-order valence-electron chi connectivity index (χ3n) is 7.83. The molecule has 0 saturated heterocycles. The number of carbonyl (C=O) groups excluding carboxylic acids is 2. The van der Waals surface area contributed by atoms with Gasteiger partial charge >= 0.3 is 5.69 Å². The maximum absolute atomic E-state index is 14.6. The van der Waals surface area contributed by atoms with Crippen molar-refractivity contribution in [3.63, 3.8) is 0 Å². The van der Waals surface area contributed by atoms with Crippen LogP contribution in [-0.2, 0) is 13.1 Å². The normalized spacial score (nSPS) is 16.9. The fourth-order valence-electron chi connectivity index (χ4n) is 5.38. The van der Waals surface area contributed by atoms with Crippen LogP contribution in [0.15, 0.2) is 76.0 Å². The molecule has 1 fully saturated rings. The molecule has 2 aliphatic rings. The molecule has 1 aromatic heterocycles. The molecule has 2 amide bonds. The fraction of sp³-hybridized carbons (Fsp3) is 0.281. The topological polar surface area (TPSA) is 85.6 Å². The average Bonchev–Trinajstić information content (AvgIpc) is 3.76. The van der Waals surface area contributed by atoms with Crippen LogP contribution >= 0.6 is 27.5 Å². The van der Waals surface area contributed by atoms with Gasteiger partial charge in [0.25, 0.3) is 11.8 Å². The Morgan fingerprint density at radius 1 is 1.09 bits per heavy atom. The number of fused-ring (bicyclic) bond motifs is 1. The Hall–Kier alpha value is -3.89. The minimum absolute atomic E-state index is 0.00955. The maximum Gasteiger partial charge on any atom is 0.333 e. The molecular formula is C32H29BrClFN4O4. The van der Waals surface area contributed by atoms with Gasteiger partial charge in [0, 0.05) is 28.2 Å². The van der Waals surface area contributed by atoms with E-state index in [-0.39, 0.29) is 36.8 Å². The summed E-state index contributed by atoms with van der Waals surface area (Å²) in [5.74, 6) is -0.604. The van der Waals surface area contributed by atoms with Crippen LogP contribution in [0, 0.1) is 5.82 Å². The van der Waals surface area contributed by atoms with Crippen molar-refractivity contribution in [3.8, 4) is 11.4 Å². The summed E-state index contributed by atoms with van der Waals surface area (Å²) in [5.41, 5.74) is 1.25. The third kappa shape index (κ3) is 5.73. The highest BCUT2D eigenvalue weighted by Crippen LogP contribution is 2.30. The first-order valence-corrected chi connectivity index (χ1v) is 15.2. The van der Waals surface area contributed by atoms with Crippen molar-refractivity contribution in [3.05, 3.63) is 115 Å². The van der Waals surface area contributed by atoms with Crippen LogP contribution in [0.25, 0.3) is 5.69 Å². The quantitative estimate of drug-likeness (QED) is 0.252. The predicted molar refractivity (Wildman–Crippen MR) is 164 cm³/mol. The van der Waals surface area contributed by atoms with Crippen LogP contribution in [0.3, 0.4) is 0 Å². The lowest BCUT2D eigenvalue weighted by atomic mass is 10.1. The second-order valence-electron chi connectivity index (χ2n) is 11.0. The van der Waals surface area contributed by atoms with E-state index in [4.69, 9.17) is 16.3 Å². The van der Waals surface area contributed by atoms with Gasteiger partial charge in [-0.15, -0.1) is 0 Å². The average molecular weight is 668 g/mol. The summed E-state index contributed by atoms with van der Waals surface area (Å²) >= 11 is 9.62. The molecule has 0 spiro atoms. The van der Waals surface area contributed by atoms with E-state index in [2.05, 4.69) is 21.2 Å². The lowest BCUT2D eigenvalue weighted by molar-refractivity contribution is 0.0610. The predicted octanol–water partition coefficient (Wildman–Crippen LogP) is 6.27. The van der Waals surface area contributed by atoms with Crippen LogP contribution in [0.2, 0.25) is 5.02 Å². The van der Waals surface area contributed by atoms with Gasteiger partial charge in [-0.05, 0) is 91.1 Å². The van der Waals surface area contributed by atoms with Gasteiger partial charge < -0.3 is 15.0 Å². The van der Waals surface area contributed by atoms with E-state index in [1.54, 1.807) is 77.1 Å². The molecule has 2 atom stereocenters. The van der Waals surface area contributed by atoms with E-state index in [0.717, 1.165) is 12.8 Å². The number of hydrogen-bond donors (Lipinski definition) is 1. The molecule has 4 aromatic rings. The van der Waals surface area contributed by atoms with Crippen LogP contribution in [0.4, 0.5) is 4.39 Å². The summed E-state index contributed by atoms with van der Waals surface area (Å²) in [6, 6.07) is 17.2. The van der Waals surface area contributed by atoms with Crippen LogP contribution in [-0.4, -0.2) is 38.0 Å². The maximum atomic E-state index is 14.6. The SMILES string of the molecule is C[C@H](NC(=O)c1c2n(c(=O)n1-c1ccc(OC3CC3)cc1)C[C@@H](C)N(C(=O)c1ccc(Br)c(Cl)c1)C2)c1ccccc1F. The molecule has 0 unspecified atom stereocenters. The first-order chi connectivity index (χ1) is 20.6. The van der Waals surface area contributed by atoms with Gasteiger partial charge in [-0.25, -0.2) is 9.18 Å². The van der Waals surface area contributed by atoms with Crippen molar-refractivity contribution in [2.45, 2.75) is 58.0 Å². The number of aromatic nitrogens is 2. The molecule has 43 heavy (non-hydrogen) atoms. The zero-order valence-electron chi connectivity index (χ0n) is 23.5. The third-order valence-corrected chi connectivity index (χ3v) is 9.06. The molecule has 11 heteroatoms. The van der Waals surface area contributed by atoms with Gasteiger partial charge in [0.2, 0.25) is 0 Å². The Kier molecular flexibility index (Phi) is 7.91. The van der Waals surface area contributed by atoms with E-state index in [9.17, 15) is 18.8 Å². The number of amides is 2.